The number of aliphatic hydroxyl groups is 1. The number of aliphatic hydroxyl groups excluding tert-OH is 1. The zero-order chi connectivity index (χ0) is 14.7. The molecule has 20 heavy (non-hydrogen) atoms. The van der Waals surface area contributed by atoms with Gasteiger partial charge in [0.2, 0.25) is 0 Å². The van der Waals surface area contributed by atoms with Crippen molar-refractivity contribution in [3.63, 3.8) is 0 Å². The van der Waals surface area contributed by atoms with E-state index < -0.39 is 0 Å². The van der Waals surface area contributed by atoms with Crippen LogP contribution in [0.2, 0.25) is 0 Å². The topological polar surface area (TPSA) is 49.3 Å². The van der Waals surface area contributed by atoms with Crippen molar-refractivity contribution < 1.29 is 14.3 Å². The smallest absolute Gasteiger partial charge is 0.261 e. The largest absolute Gasteiger partial charge is 0.394 e. The zero-order valence-electron chi connectivity index (χ0n) is 11.5. The molecule has 1 atom stereocenters. The van der Waals surface area contributed by atoms with Crippen molar-refractivity contribution in [2.75, 3.05) is 6.61 Å². The van der Waals surface area contributed by atoms with Gasteiger partial charge in [0.15, 0.2) is 0 Å². The van der Waals surface area contributed by atoms with Crippen molar-refractivity contribution in [1.29, 1.82) is 0 Å². The highest BCUT2D eigenvalue weighted by Crippen LogP contribution is 2.27. The molecule has 5 heteroatoms. The maximum Gasteiger partial charge on any atom is 0.261 e. The minimum Gasteiger partial charge on any atom is -0.394 e. The Balaban J connectivity index is 2.16. The third-order valence-corrected chi connectivity index (χ3v) is 4.14. The standard InChI is InChI=1S/C15H18FNO2S/c1-9(2)6-10(8-18)17-15(19)14-7-11-12(16)4-3-5-13(11)20-14/h3-5,7,9-10,18H,6,8H2,1-2H3,(H,17,19). The third kappa shape index (κ3) is 3.35. The fourth-order valence-corrected chi connectivity index (χ4v) is 3.12. The van der Waals surface area contributed by atoms with Gasteiger partial charge in [-0.2, -0.15) is 0 Å². The van der Waals surface area contributed by atoms with Crippen LogP contribution in [0.1, 0.15) is 29.9 Å². The number of nitrogens with one attached hydrogen (secondary N) is 1. The minimum absolute atomic E-state index is 0.0941. The van der Waals surface area contributed by atoms with Gasteiger partial charge in [0.25, 0.3) is 5.91 Å². The number of rotatable bonds is 5. The number of hydrogen-bond acceptors (Lipinski definition) is 3. The number of carbonyl (C=O) groups is 1. The molecule has 3 nitrogen and oxygen atoms in total. The van der Waals surface area contributed by atoms with E-state index in [1.54, 1.807) is 18.2 Å². The molecule has 0 aliphatic heterocycles. The van der Waals surface area contributed by atoms with Gasteiger partial charge in [0.05, 0.1) is 17.5 Å². The lowest BCUT2D eigenvalue weighted by Crippen LogP contribution is -2.38. The maximum atomic E-state index is 13.6. The number of fused-ring (bicyclic) bond motifs is 1. The Morgan fingerprint density at radius 1 is 1.45 bits per heavy atom. The molecule has 1 amide bonds. The fraction of sp³-hybridized carbons (Fsp3) is 0.400. The molecule has 0 bridgehead atoms. The van der Waals surface area contributed by atoms with E-state index >= 15 is 0 Å². The molecule has 0 saturated carbocycles. The summed E-state index contributed by atoms with van der Waals surface area (Å²) in [6, 6.07) is 6.10. The molecule has 1 heterocycles. The SMILES string of the molecule is CC(C)CC(CO)NC(=O)c1cc2c(F)cccc2s1. The lowest BCUT2D eigenvalue weighted by molar-refractivity contribution is 0.0912. The Hall–Kier alpha value is -1.46. The molecule has 2 rings (SSSR count). The first-order valence-electron chi connectivity index (χ1n) is 6.61. The normalized spacial score (nSPS) is 12.8. The van der Waals surface area contributed by atoms with Crippen LogP contribution in [0.25, 0.3) is 10.1 Å². The molecule has 2 N–H and O–H groups in total. The highest BCUT2D eigenvalue weighted by atomic mass is 32.1. The van der Waals surface area contributed by atoms with E-state index in [-0.39, 0.29) is 24.4 Å². The average Bonchev–Trinajstić information content (AvgIpc) is 2.83. The minimum atomic E-state index is -0.321. The van der Waals surface area contributed by atoms with Crippen LogP contribution < -0.4 is 5.32 Å². The lowest BCUT2D eigenvalue weighted by Gasteiger charge is -2.17. The summed E-state index contributed by atoms with van der Waals surface area (Å²) in [4.78, 5) is 12.6. The Morgan fingerprint density at radius 2 is 2.20 bits per heavy atom. The van der Waals surface area contributed by atoms with E-state index in [0.29, 0.717) is 22.6 Å². The number of halogens is 1. The molecular weight excluding hydrogens is 277 g/mol. The van der Waals surface area contributed by atoms with E-state index in [0.717, 1.165) is 4.70 Å². The van der Waals surface area contributed by atoms with Crippen LogP contribution in [0.3, 0.4) is 0 Å². The van der Waals surface area contributed by atoms with Gasteiger partial charge in [-0.25, -0.2) is 4.39 Å². The first-order chi connectivity index (χ1) is 9.51. The molecule has 1 aromatic carbocycles. The summed E-state index contributed by atoms with van der Waals surface area (Å²) in [5.41, 5.74) is 0. The first kappa shape index (κ1) is 14.9. The van der Waals surface area contributed by atoms with Crippen LogP contribution in [0.4, 0.5) is 4.39 Å². The van der Waals surface area contributed by atoms with Gasteiger partial charge in [0.1, 0.15) is 5.82 Å². The van der Waals surface area contributed by atoms with Gasteiger partial charge in [0, 0.05) is 10.1 Å². The second-order valence-corrected chi connectivity index (χ2v) is 6.33. The Morgan fingerprint density at radius 3 is 2.80 bits per heavy atom. The predicted octanol–water partition coefficient (Wildman–Crippen LogP) is 3.18. The highest BCUT2D eigenvalue weighted by Gasteiger charge is 2.17. The molecule has 0 spiro atoms. The van der Waals surface area contributed by atoms with Crippen molar-refractivity contribution >= 4 is 27.3 Å². The maximum absolute atomic E-state index is 13.6. The Kier molecular flexibility index (Phi) is 4.73. The van der Waals surface area contributed by atoms with Gasteiger partial charge in [-0.3, -0.25) is 4.79 Å². The average molecular weight is 295 g/mol. The Labute approximate surface area is 121 Å². The van der Waals surface area contributed by atoms with Gasteiger partial charge in [-0.15, -0.1) is 11.3 Å². The van der Waals surface area contributed by atoms with Crippen LogP contribution in [-0.2, 0) is 0 Å². The van der Waals surface area contributed by atoms with Crippen LogP contribution in [0.5, 0.6) is 0 Å². The van der Waals surface area contributed by atoms with Crippen LogP contribution in [0, 0.1) is 11.7 Å². The summed E-state index contributed by atoms with van der Waals surface area (Å²) < 4.78 is 14.3. The number of thiophene rings is 1. The molecular formula is C15H18FNO2S. The summed E-state index contributed by atoms with van der Waals surface area (Å²) in [5, 5.41) is 12.5. The van der Waals surface area contributed by atoms with Crippen molar-refractivity contribution in [2.24, 2.45) is 5.92 Å². The van der Waals surface area contributed by atoms with E-state index in [2.05, 4.69) is 5.32 Å². The number of carbonyl (C=O) groups excluding carboxylic acids is 1. The number of benzene rings is 1. The molecule has 0 aliphatic rings. The quantitative estimate of drug-likeness (QED) is 0.890. The van der Waals surface area contributed by atoms with Crippen LogP contribution in [-0.4, -0.2) is 23.7 Å². The number of amides is 1. The summed E-state index contributed by atoms with van der Waals surface area (Å²) in [6.45, 7) is 3.97. The van der Waals surface area contributed by atoms with Crippen molar-refractivity contribution in [3.8, 4) is 0 Å². The third-order valence-electron chi connectivity index (χ3n) is 3.04. The van der Waals surface area contributed by atoms with Gasteiger partial charge >= 0.3 is 0 Å². The lowest BCUT2D eigenvalue weighted by atomic mass is 10.0. The van der Waals surface area contributed by atoms with E-state index in [9.17, 15) is 14.3 Å². The van der Waals surface area contributed by atoms with E-state index in [1.807, 2.05) is 13.8 Å². The van der Waals surface area contributed by atoms with Crippen LogP contribution >= 0.6 is 11.3 Å². The monoisotopic (exact) mass is 295 g/mol. The van der Waals surface area contributed by atoms with Gasteiger partial charge in [-0.1, -0.05) is 19.9 Å². The van der Waals surface area contributed by atoms with E-state index in [1.165, 1.54) is 17.4 Å². The van der Waals surface area contributed by atoms with Crippen molar-refractivity contribution in [2.45, 2.75) is 26.3 Å². The van der Waals surface area contributed by atoms with Gasteiger partial charge in [-0.05, 0) is 30.5 Å². The molecule has 1 aromatic heterocycles. The Bertz CT molecular complexity index is 609. The van der Waals surface area contributed by atoms with Gasteiger partial charge < -0.3 is 10.4 Å². The fourth-order valence-electron chi connectivity index (χ4n) is 2.14. The predicted molar refractivity (Wildman–Crippen MR) is 79.6 cm³/mol. The summed E-state index contributed by atoms with van der Waals surface area (Å²) in [7, 11) is 0. The second kappa shape index (κ2) is 6.33. The van der Waals surface area contributed by atoms with Crippen LogP contribution in [0.15, 0.2) is 24.3 Å². The van der Waals surface area contributed by atoms with E-state index in [4.69, 9.17) is 0 Å². The number of hydrogen-bond donors (Lipinski definition) is 2. The summed E-state index contributed by atoms with van der Waals surface area (Å²) in [5.74, 6) is -0.198. The summed E-state index contributed by atoms with van der Waals surface area (Å²) in [6.07, 6.45) is 0.710. The molecule has 0 saturated heterocycles. The molecule has 1 unspecified atom stereocenters. The van der Waals surface area contributed by atoms with Crippen molar-refractivity contribution in [1.82, 2.24) is 5.32 Å². The zero-order valence-corrected chi connectivity index (χ0v) is 12.3. The molecule has 2 aromatic rings. The first-order valence-corrected chi connectivity index (χ1v) is 7.42. The molecule has 0 radical (unpaired) electrons. The summed E-state index contributed by atoms with van der Waals surface area (Å²) >= 11 is 1.26. The molecule has 0 fully saturated rings. The molecule has 0 aliphatic carbocycles. The second-order valence-electron chi connectivity index (χ2n) is 5.24. The van der Waals surface area contributed by atoms with Crippen molar-refractivity contribution in [3.05, 3.63) is 35.0 Å². The molecule has 108 valence electrons. The highest BCUT2D eigenvalue weighted by molar-refractivity contribution is 7.20.